The molecule has 1 N–H and O–H groups in total. The number of carbonyl (C=O) groups is 2. The SMILES string of the molecule is CC[C@H](C(=O)Nc1ccc(N(C)C)c(C(=O)N(CC)CC)c1)c1ccccc1. The number of hydrogen-bond acceptors (Lipinski definition) is 3. The van der Waals surface area contributed by atoms with Gasteiger partial charge in [-0.05, 0) is 44.0 Å². The van der Waals surface area contributed by atoms with Crippen LogP contribution in [-0.4, -0.2) is 43.9 Å². The van der Waals surface area contributed by atoms with Crippen molar-refractivity contribution in [3.63, 3.8) is 0 Å². The van der Waals surface area contributed by atoms with Crippen LogP contribution in [-0.2, 0) is 4.79 Å². The Balaban J connectivity index is 2.32. The van der Waals surface area contributed by atoms with E-state index in [9.17, 15) is 9.59 Å². The minimum atomic E-state index is -0.225. The number of carbonyl (C=O) groups excluding carboxylic acids is 2. The summed E-state index contributed by atoms with van der Waals surface area (Å²) in [5.41, 5.74) is 3.07. The average Bonchev–Trinajstić information content (AvgIpc) is 2.70. The molecule has 2 aromatic rings. The van der Waals surface area contributed by atoms with Gasteiger partial charge in [-0.3, -0.25) is 9.59 Å². The molecule has 0 aromatic heterocycles. The number of nitrogens with zero attached hydrogens (tertiary/aromatic N) is 2. The van der Waals surface area contributed by atoms with Gasteiger partial charge in [0.2, 0.25) is 5.91 Å². The summed E-state index contributed by atoms with van der Waals surface area (Å²) in [5, 5.41) is 3.00. The first-order chi connectivity index (χ1) is 13.4. The smallest absolute Gasteiger partial charge is 0.256 e. The molecule has 0 spiro atoms. The maximum absolute atomic E-state index is 13.0. The van der Waals surface area contributed by atoms with Crippen molar-refractivity contribution in [3.05, 3.63) is 59.7 Å². The first-order valence-electron chi connectivity index (χ1n) is 9.89. The van der Waals surface area contributed by atoms with Crippen LogP contribution in [0.1, 0.15) is 49.0 Å². The zero-order valence-corrected chi connectivity index (χ0v) is 17.5. The van der Waals surface area contributed by atoms with E-state index in [1.807, 2.05) is 82.2 Å². The normalized spacial score (nSPS) is 11.6. The number of hydrogen-bond donors (Lipinski definition) is 1. The molecule has 0 saturated heterocycles. The van der Waals surface area contributed by atoms with Gasteiger partial charge in [0.05, 0.1) is 11.5 Å². The molecule has 2 amide bonds. The van der Waals surface area contributed by atoms with Crippen LogP contribution in [0.2, 0.25) is 0 Å². The highest BCUT2D eigenvalue weighted by Crippen LogP contribution is 2.26. The van der Waals surface area contributed by atoms with Crippen molar-refractivity contribution in [2.75, 3.05) is 37.4 Å². The number of nitrogens with one attached hydrogen (secondary N) is 1. The molecular weight excluding hydrogens is 350 g/mol. The molecule has 28 heavy (non-hydrogen) atoms. The van der Waals surface area contributed by atoms with Crippen LogP contribution in [0.5, 0.6) is 0 Å². The minimum Gasteiger partial charge on any atom is -0.377 e. The second-order valence-electron chi connectivity index (χ2n) is 6.96. The van der Waals surface area contributed by atoms with Gasteiger partial charge in [-0.25, -0.2) is 0 Å². The van der Waals surface area contributed by atoms with Gasteiger partial charge in [-0.1, -0.05) is 37.3 Å². The molecule has 5 heteroatoms. The lowest BCUT2D eigenvalue weighted by Crippen LogP contribution is -2.32. The third-order valence-corrected chi connectivity index (χ3v) is 4.95. The van der Waals surface area contributed by atoms with Crippen LogP contribution in [0.4, 0.5) is 11.4 Å². The summed E-state index contributed by atoms with van der Waals surface area (Å²) in [6, 6.07) is 15.3. The monoisotopic (exact) mass is 381 g/mol. The van der Waals surface area contributed by atoms with Crippen molar-refractivity contribution in [3.8, 4) is 0 Å². The highest BCUT2D eigenvalue weighted by Gasteiger charge is 2.21. The topological polar surface area (TPSA) is 52.7 Å². The van der Waals surface area contributed by atoms with Crippen molar-refractivity contribution < 1.29 is 9.59 Å². The Morgan fingerprint density at radius 1 is 0.964 bits per heavy atom. The summed E-state index contributed by atoms with van der Waals surface area (Å²) in [6.07, 6.45) is 0.705. The van der Waals surface area contributed by atoms with Crippen molar-refractivity contribution in [1.29, 1.82) is 0 Å². The summed E-state index contributed by atoms with van der Waals surface area (Å²) in [6.45, 7) is 7.22. The van der Waals surface area contributed by atoms with Crippen LogP contribution in [0.25, 0.3) is 0 Å². The molecule has 0 aliphatic carbocycles. The van der Waals surface area contributed by atoms with Gasteiger partial charge < -0.3 is 15.1 Å². The highest BCUT2D eigenvalue weighted by molar-refractivity contribution is 6.02. The molecule has 0 saturated carbocycles. The predicted molar refractivity (Wildman–Crippen MR) is 116 cm³/mol. The first-order valence-corrected chi connectivity index (χ1v) is 9.89. The number of benzene rings is 2. The third kappa shape index (κ3) is 4.91. The molecule has 0 aliphatic heterocycles. The standard InChI is InChI=1S/C23H31N3O2/c1-6-19(17-12-10-9-11-13-17)22(27)24-18-14-15-21(25(4)5)20(16-18)23(28)26(7-2)8-3/h9-16,19H,6-8H2,1-5H3,(H,24,27)/t19-/m0/s1. The Morgan fingerprint density at radius 3 is 2.14 bits per heavy atom. The van der Waals surface area contributed by atoms with E-state index in [1.165, 1.54) is 0 Å². The zero-order valence-electron chi connectivity index (χ0n) is 17.5. The van der Waals surface area contributed by atoms with Crippen LogP contribution in [0.15, 0.2) is 48.5 Å². The van der Waals surface area contributed by atoms with E-state index in [-0.39, 0.29) is 17.7 Å². The molecule has 2 rings (SSSR count). The fraction of sp³-hybridized carbons (Fsp3) is 0.391. The molecular formula is C23H31N3O2. The van der Waals surface area contributed by atoms with Crippen LogP contribution in [0.3, 0.4) is 0 Å². The van der Waals surface area contributed by atoms with E-state index in [1.54, 1.807) is 11.0 Å². The summed E-state index contributed by atoms with van der Waals surface area (Å²) < 4.78 is 0. The van der Waals surface area contributed by atoms with E-state index in [0.29, 0.717) is 30.8 Å². The fourth-order valence-electron chi connectivity index (χ4n) is 3.34. The minimum absolute atomic E-state index is 0.0279. The maximum atomic E-state index is 13.0. The lowest BCUT2D eigenvalue weighted by atomic mass is 9.95. The quantitative estimate of drug-likeness (QED) is 0.739. The summed E-state index contributed by atoms with van der Waals surface area (Å²) >= 11 is 0. The van der Waals surface area contributed by atoms with Crippen molar-refractivity contribution in [2.24, 2.45) is 0 Å². The van der Waals surface area contributed by atoms with Gasteiger partial charge in [-0.2, -0.15) is 0 Å². The van der Waals surface area contributed by atoms with Crippen molar-refractivity contribution in [2.45, 2.75) is 33.1 Å². The molecule has 0 aliphatic rings. The fourth-order valence-corrected chi connectivity index (χ4v) is 3.34. The molecule has 150 valence electrons. The Bertz CT molecular complexity index is 799. The molecule has 0 heterocycles. The lowest BCUT2D eigenvalue weighted by Gasteiger charge is -2.24. The maximum Gasteiger partial charge on any atom is 0.256 e. The third-order valence-electron chi connectivity index (χ3n) is 4.95. The van der Waals surface area contributed by atoms with Gasteiger partial charge in [-0.15, -0.1) is 0 Å². The second-order valence-corrected chi connectivity index (χ2v) is 6.96. The number of rotatable bonds is 8. The van der Waals surface area contributed by atoms with Crippen LogP contribution in [0, 0.1) is 0 Å². The summed E-state index contributed by atoms with van der Waals surface area (Å²) in [4.78, 5) is 29.5. The van der Waals surface area contributed by atoms with E-state index >= 15 is 0 Å². The van der Waals surface area contributed by atoms with Crippen molar-refractivity contribution >= 4 is 23.2 Å². The molecule has 0 radical (unpaired) electrons. The van der Waals surface area contributed by atoms with Gasteiger partial charge >= 0.3 is 0 Å². The van der Waals surface area contributed by atoms with E-state index in [2.05, 4.69) is 5.32 Å². The van der Waals surface area contributed by atoms with Crippen LogP contribution >= 0.6 is 0 Å². The van der Waals surface area contributed by atoms with Gasteiger partial charge in [0.1, 0.15) is 0 Å². The zero-order chi connectivity index (χ0) is 20.7. The largest absolute Gasteiger partial charge is 0.377 e. The van der Waals surface area contributed by atoms with Crippen molar-refractivity contribution in [1.82, 2.24) is 4.90 Å². The number of amides is 2. The molecule has 1 atom stereocenters. The molecule has 0 fully saturated rings. The Kier molecular flexibility index (Phi) is 7.61. The molecule has 2 aromatic carbocycles. The van der Waals surface area contributed by atoms with E-state index in [0.717, 1.165) is 11.3 Å². The number of anilines is 2. The van der Waals surface area contributed by atoms with E-state index < -0.39 is 0 Å². The average molecular weight is 382 g/mol. The highest BCUT2D eigenvalue weighted by atomic mass is 16.2. The van der Waals surface area contributed by atoms with Gasteiger partial charge in [0.25, 0.3) is 5.91 Å². The van der Waals surface area contributed by atoms with Gasteiger partial charge in [0.15, 0.2) is 0 Å². The Morgan fingerprint density at radius 2 is 1.61 bits per heavy atom. The summed E-state index contributed by atoms with van der Waals surface area (Å²) in [5.74, 6) is -0.316. The lowest BCUT2D eigenvalue weighted by molar-refractivity contribution is -0.117. The Hall–Kier alpha value is -2.82. The molecule has 0 bridgehead atoms. The first kappa shape index (κ1) is 21.5. The predicted octanol–water partition coefficient (Wildman–Crippen LogP) is 4.37. The molecule has 5 nitrogen and oxygen atoms in total. The summed E-state index contributed by atoms with van der Waals surface area (Å²) in [7, 11) is 3.82. The van der Waals surface area contributed by atoms with E-state index in [4.69, 9.17) is 0 Å². The second kappa shape index (κ2) is 9.93. The van der Waals surface area contributed by atoms with Gasteiger partial charge in [0, 0.05) is 38.6 Å². The molecule has 0 unspecified atom stereocenters. The Labute approximate surface area is 168 Å². The van der Waals surface area contributed by atoms with Crippen LogP contribution < -0.4 is 10.2 Å².